The van der Waals surface area contributed by atoms with Gasteiger partial charge in [0.05, 0.1) is 12.0 Å². The molecule has 7 nitrogen and oxygen atoms in total. The van der Waals surface area contributed by atoms with Gasteiger partial charge >= 0.3 is 0 Å². The SMILES string of the molecule is CCNC(=NCc1ccc(CN2CCN(C)CC2)cc1)NCC1(C(=O)N(C)C)CCCC1. The Hall–Kier alpha value is -2.12. The number of nitrogens with one attached hydrogen (secondary N) is 2. The number of carbonyl (C=O) groups is 1. The van der Waals surface area contributed by atoms with Gasteiger partial charge in [0.2, 0.25) is 5.91 Å². The first-order valence-corrected chi connectivity index (χ1v) is 12.1. The Morgan fingerprint density at radius 1 is 1.03 bits per heavy atom. The van der Waals surface area contributed by atoms with Crippen LogP contribution in [0.15, 0.2) is 29.3 Å². The minimum atomic E-state index is -0.301. The minimum Gasteiger partial charge on any atom is -0.357 e. The third-order valence-electron chi connectivity index (χ3n) is 6.80. The van der Waals surface area contributed by atoms with E-state index in [9.17, 15) is 4.79 Å². The molecule has 3 rings (SSSR count). The van der Waals surface area contributed by atoms with E-state index < -0.39 is 0 Å². The molecule has 0 atom stereocenters. The molecule has 2 fully saturated rings. The zero-order valence-corrected chi connectivity index (χ0v) is 20.5. The summed E-state index contributed by atoms with van der Waals surface area (Å²) < 4.78 is 0. The van der Waals surface area contributed by atoms with Crippen LogP contribution < -0.4 is 10.6 Å². The van der Waals surface area contributed by atoms with Gasteiger partial charge in [-0.15, -0.1) is 0 Å². The number of piperazine rings is 1. The fraction of sp³-hybridized carbons (Fsp3) is 0.680. The van der Waals surface area contributed by atoms with E-state index in [1.165, 1.54) is 11.1 Å². The van der Waals surface area contributed by atoms with E-state index in [0.29, 0.717) is 13.1 Å². The Morgan fingerprint density at radius 3 is 2.25 bits per heavy atom. The van der Waals surface area contributed by atoms with E-state index in [0.717, 1.165) is 70.9 Å². The number of guanidine groups is 1. The highest BCUT2D eigenvalue weighted by molar-refractivity contribution is 5.85. The number of rotatable bonds is 8. The topological polar surface area (TPSA) is 63.2 Å². The van der Waals surface area contributed by atoms with Gasteiger partial charge in [0.25, 0.3) is 0 Å². The molecule has 1 amide bonds. The molecule has 178 valence electrons. The quantitative estimate of drug-likeness (QED) is 0.477. The van der Waals surface area contributed by atoms with E-state index >= 15 is 0 Å². The Labute approximate surface area is 194 Å². The predicted molar refractivity (Wildman–Crippen MR) is 132 cm³/mol. The standard InChI is InChI=1S/C25H42N6O/c1-5-26-24(28-20-25(12-6-7-13-25)23(32)29(2)3)27-18-21-8-10-22(11-9-21)19-31-16-14-30(4)15-17-31/h8-11H,5-7,12-20H2,1-4H3,(H2,26,27,28). The van der Waals surface area contributed by atoms with Crippen LogP contribution in [-0.2, 0) is 17.9 Å². The summed E-state index contributed by atoms with van der Waals surface area (Å²) in [5.41, 5.74) is 2.26. The van der Waals surface area contributed by atoms with Crippen molar-refractivity contribution in [3.63, 3.8) is 0 Å². The average Bonchev–Trinajstić information content (AvgIpc) is 3.28. The molecule has 1 aliphatic heterocycles. The lowest BCUT2D eigenvalue weighted by Crippen LogP contribution is -2.49. The van der Waals surface area contributed by atoms with Crippen LogP contribution in [0.5, 0.6) is 0 Å². The highest BCUT2D eigenvalue weighted by Crippen LogP contribution is 2.38. The summed E-state index contributed by atoms with van der Waals surface area (Å²) in [6.07, 6.45) is 4.14. The molecule has 32 heavy (non-hydrogen) atoms. The molecule has 1 heterocycles. The number of nitrogens with zero attached hydrogens (tertiary/aromatic N) is 4. The smallest absolute Gasteiger partial charge is 0.230 e. The van der Waals surface area contributed by atoms with Crippen molar-refractivity contribution >= 4 is 11.9 Å². The van der Waals surface area contributed by atoms with Crippen LogP contribution in [0.3, 0.4) is 0 Å². The number of aliphatic imine (C=N–C) groups is 1. The van der Waals surface area contributed by atoms with Gasteiger partial charge in [-0.1, -0.05) is 37.1 Å². The molecular formula is C25H42N6O. The van der Waals surface area contributed by atoms with E-state index in [4.69, 9.17) is 4.99 Å². The lowest BCUT2D eigenvalue weighted by Gasteiger charge is -2.32. The van der Waals surface area contributed by atoms with Crippen molar-refractivity contribution in [3.05, 3.63) is 35.4 Å². The third-order valence-corrected chi connectivity index (χ3v) is 6.80. The maximum atomic E-state index is 12.8. The van der Waals surface area contributed by atoms with Gasteiger partial charge in [-0.25, -0.2) is 4.99 Å². The molecule has 2 N–H and O–H groups in total. The van der Waals surface area contributed by atoms with Crippen molar-refractivity contribution in [1.82, 2.24) is 25.3 Å². The van der Waals surface area contributed by atoms with Crippen molar-refractivity contribution < 1.29 is 4.79 Å². The zero-order chi connectivity index (χ0) is 23.0. The lowest BCUT2D eigenvalue weighted by atomic mass is 9.84. The molecule has 1 aromatic rings. The van der Waals surface area contributed by atoms with Gasteiger partial charge in [-0.2, -0.15) is 0 Å². The van der Waals surface area contributed by atoms with Gasteiger partial charge < -0.3 is 20.4 Å². The first kappa shape index (κ1) is 24.5. The summed E-state index contributed by atoms with van der Waals surface area (Å²) in [6.45, 7) is 9.71. The fourth-order valence-corrected chi connectivity index (χ4v) is 4.77. The van der Waals surface area contributed by atoms with Crippen LogP contribution in [0.2, 0.25) is 0 Å². The summed E-state index contributed by atoms with van der Waals surface area (Å²) in [5.74, 6) is 1.01. The minimum absolute atomic E-state index is 0.231. The van der Waals surface area contributed by atoms with Crippen LogP contribution in [0, 0.1) is 5.41 Å². The van der Waals surface area contributed by atoms with Gasteiger partial charge in [0, 0.05) is 59.9 Å². The molecule has 0 bridgehead atoms. The van der Waals surface area contributed by atoms with Crippen molar-refractivity contribution in [3.8, 4) is 0 Å². The molecule has 1 saturated heterocycles. The predicted octanol–water partition coefficient (Wildman–Crippen LogP) is 2.14. The monoisotopic (exact) mass is 442 g/mol. The van der Waals surface area contributed by atoms with Crippen molar-refractivity contribution in [1.29, 1.82) is 0 Å². The largest absolute Gasteiger partial charge is 0.357 e. The molecule has 0 spiro atoms. The first-order valence-electron chi connectivity index (χ1n) is 12.1. The number of carbonyl (C=O) groups excluding carboxylic acids is 1. The van der Waals surface area contributed by atoms with Crippen LogP contribution in [0.4, 0.5) is 0 Å². The number of amides is 1. The molecule has 1 saturated carbocycles. The lowest BCUT2D eigenvalue weighted by molar-refractivity contribution is -0.138. The van der Waals surface area contributed by atoms with Crippen LogP contribution in [-0.4, -0.2) is 87.0 Å². The molecule has 7 heteroatoms. The summed E-state index contributed by atoms with van der Waals surface area (Å²) in [6, 6.07) is 8.83. The van der Waals surface area contributed by atoms with Crippen molar-refractivity contribution in [2.24, 2.45) is 10.4 Å². The van der Waals surface area contributed by atoms with Crippen LogP contribution in [0.1, 0.15) is 43.7 Å². The summed E-state index contributed by atoms with van der Waals surface area (Å²) in [4.78, 5) is 24.3. The van der Waals surface area contributed by atoms with Gasteiger partial charge in [-0.3, -0.25) is 9.69 Å². The Morgan fingerprint density at radius 2 is 1.66 bits per heavy atom. The Kier molecular flexibility index (Phi) is 8.93. The normalized spacial score (nSPS) is 19.7. The maximum Gasteiger partial charge on any atom is 0.230 e. The molecule has 1 aliphatic carbocycles. The second-order valence-electron chi connectivity index (χ2n) is 9.63. The molecule has 0 radical (unpaired) electrons. The summed E-state index contributed by atoms with van der Waals surface area (Å²) in [5, 5.41) is 6.79. The third kappa shape index (κ3) is 6.69. The number of hydrogen-bond acceptors (Lipinski definition) is 4. The number of likely N-dealkylation sites (N-methyl/N-ethyl adjacent to an activating group) is 1. The Bertz CT molecular complexity index is 746. The van der Waals surface area contributed by atoms with E-state index in [2.05, 4.69) is 58.7 Å². The van der Waals surface area contributed by atoms with E-state index in [1.54, 1.807) is 4.90 Å². The van der Waals surface area contributed by atoms with Crippen molar-refractivity contribution in [2.75, 3.05) is 60.4 Å². The maximum absolute atomic E-state index is 12.8. The molecular weight excluding hydrogens is 400 g/mol. The van der Waals surface area contributed by atoms with Crippen LogP contribution in [0.25, 0.3) is 0 Å². The molecule has 0 aromatic heterocycles. The summed E-state index contributed by atoms with van der Waals surface area (Å²) >= 11 is 0. The van der Waals surface area contributed by atoms with Gasteiger partial charge in [-0.05, 0) is 37.9 Å². The van der Waals surface area contributed by atoms with Gasteiger partial charge in [0.15, 0.2) is 5.96 Å². The molecule has 1 aromatic carbocycles. The van der Waals surface area contributed by atoms with E-state index in [1.807, 2.05) is 14.1 Å². The highest BCUT2D eigenvalue weighted by Gasteiger charge is 2.42. The fourth-order valence-electron chi connectivity index (χ4n) is 4.77. The molecule has 0 unspecified atom stereocenters. The van der Waals surface area contributed by atoms with Crippen molar-refractivity contribution in [2.45, 2.75) is 45.7 Å². The van der Waals surface area contributed by atoms with E-state index in [-0.39, 0.29) is 11.3 Å². The highest BCUT2D eigenvalue weighted by atomic mass is 16.2. The average molecular weight is 443 g/mol. The van der Waals surface area contributed by atoms with Crippen LogP contribution >= 0.6 is 0 Å². The zero-order valence-electron chi connectivity index (χ0n) is 20.5. The summed E-state index contributed by atoms with van der Waals surface area (Å²) in [7, 11) is 5.90. The second kappa shape index (κ2) is 11.7. The second-order valence-corrected chi connectivity index (χ2v) is 9.63. The van der Waals surface area contributed by atoms with Gasteiger partial charge in [0.1, 0.15) is 0 Å². The number of hydrogen-bond donors (Lipinski definition) is 2. The molecule has 2 aliphatic rings. The first-order chi connectivity index (χ1) is 15.4. The Balaban J connectivity index is 1.55. The number of benzene rings is 1.